The number of esters is 2. The number of aromatic hydroxyl groups is 1. The van der Waals surface area contributed by atoms with E-state index in [0.717, 1.165) is 34.1 Å². The Kier molecular flexibility index (Phi) is 21.5. The van der Waals surface area contributed by atoms with Crippen LogP contribution in [0.2, 0.25) is 0 Å². The number of cyclic esters (lactones) is 1. The molecule has 6 aromatic rings. The van der Waals surface area contributed by atoms with Gasteiger partial charge in [-0.05, 0) is 105 Å². The summed E-state index contributed by atoms with van der Waals surface area (Å²) < 4.78 is 59.4. The summed E-state index contributed by atoms with van der Waals surface area (Å²) in [6.45, 7) is 12.4. The molecule has 2 aromatic carbocycles. The SMILES string of the molecule is CCc1c2c(nc3ccc(O)cc13)-c1cc3c(c(=O)n1C2)COC(=O)[C@@]3(CC)OC(=O)c1ccc(NC(=O)[C@H](C)CC(=O)[C@@H](NC(=O)CCOCCOCCNC(=O)[C@@H](CC(=O)CCn2c(CN(C)CC)cc3cccnc32)CS(=O)(=O)O)C(C)C)cc1. The van der Waals surface area contributed by atoms with Crippen molar-refractivity contribution >= 4 is 79.0 Å². The number of rotatable bonds is 31. The summed E-state index contributed by atoms with van der Waals surface area (Å²) in [5, 5.41) is 20.0. The van der Waals surface area contributed by atoms with E-state index in [1.54, 1.807) is 56.7 Å². The van der Waals surface area contributed by atoms with Crippen LogP contribution in [0.1, 0.15) is 112 Å². The number of benzene rings is 2. The topological polar surface area (TPSA) is 323 Å². The van der Waals surface area contributed by atoms with Crippen LogP contribution < -0.4 is 21.5 Å². The van der Waals surface area contributed by atoms with Crippen LogP contribution in [0.25, 0.3) is 33.3 Å². The summed E-state index contributed by atoms with van der Waals surface area (Å²) in [6.07, 6.45) is 1.50. The van der Waals surface area contributed by atoms with Crippen LogP contribution in [0.4, 0.5) is 5.69 Å². The minimum atomic E-state index is -4.60. The van der Waals surface area contributed by atoms with Crippen LogP contribution in [-0.4, -0.2) is 142 Å². The number of phenolic OH excluding ortho intramolecular Hbond substituents is 1. The molecule has 88 heavy (non-hydrogen) atoms. The Bertz CT molecular complexity index is 3810. The normalized spacial score (nSPS) is 15.5. The zero-order chi connectivity index (χ0) is 63.6. The number of hydrogen-bond acceptors (Lipinski definition) is 18. The number of pyridine rings is 3. The van der Waals surface area contributed by atoms with Gasteiger partial charge in [0.2, 0.25) is 23.3 Å². The van der Waals surface area contributed by atoms with E-state index < -0.39 is 81.0 Å². The molecule has 0 saturated carbocycles. The van der Waals surface area contributed by atoms with Crippen molar-refractivity contribution in [1.82, 2.24) is 34.6 Å². The number of nitrogens with zero attached hydrogens (tertiary/aromatic N) is 5. The number of carbonyl (C=O) groups is 7. The predicted molar refractivity (Wildman–Crippen MR) is 325 cm³/mol. The van der Waals surface area contributed by atoms with Gasteiger partial charge in [0.05, 0.1) is 78.7 Å². The van der Waals surface area contributed by atoms with Crippen molar-refractivity contribution in [3.63, 3.8) is 0 Å². The highest BCUT2D eigenvalue weighted by molar-refractivity contribution is 7.85. The van der Waals surface area contributed by atoms with Gasteiger partial charge in [-0.25, -0.2) is 19.6 Å². The standard InChI is InChI=1S/C63H76N8O16S/c1-8-46-47-31-44(72)17-18-51(47)67-56-48(46)34-71-52(56)32-50-49(60(71)78)35-86-62(80)63(50,9-2)87-61(79)39-13-15-42(16-14-39)66-58(76)38(6)28-53(74)55(37(4)5)68-54(75)20-24-84-26-27-85-25-22-65-59(77)41(36-88(81,82)83)30-45(73)19-23-70-43(33-69(7)10-3)29-40-12-11-21-64-57(40)70/h11-18,21,29,31-32,37-38,41,55,72H,8-10,19-20,22-28,30,33-36H2,1-7H3,(H,65,77)(H,66,76)(H,68,75)(H,81,82,83)/t38-,41+,55+,63+/m1/s1. The number of Topliss-reactive ketones (excluding diaryl/α,β-unsaturated/α-hetero) is 2. The summed E-state index contributed by atoms with van der Waals surface area (Å²) in [7, 11) is -2.63. The summed E-state index contributed by atoms with van der Waals surface area (Å²) in [4.78, 5) is 119. The van der Waals surface area contributed by atoms with Crippen molar-refractivity contribution in [2.75, 3.05) is 57.6 Å². The first-order chi connectivity index (χ1) is 41.9. The average Bonchev–Trinajstić information content (AvgIpc) is 1.57. The number of hydrogen-bond donors (Lipinski definition) is 5. The number of nitrogens with one attached hydrogen (secondary N) is 3. The first-order valence-electron chi connectivity index (χ1n) is 29.5. The fourth-order valence-corrected chi connectivity index (χ4v) is 11.9. The maximum Gasteiger partial charge on any atom is 0.355 e. The molecule has 5 N–H and O–H groups in total. The highest BCUT2D eigenvalue weighted by Gasteiger charge is 2.51. The van der Waals surface area contributed by atoms with E-state index in [9.17, 15) is 56.4 Å². The number of ether oxygens (including phenoxy) is 4. The van der Waals surface area contributed by atoms with Crippen molar-refractivity contribution in [1.29, 1.82) is 0 Å². The Hall–Kier alpha value is -8.23. The van der Waals surface area contributed by atoms with Crippen LogP contribution >= 0.6 is 0 Å². The van der Waals surface area contributed by atoms with E-state index in [-0.39, 0.29) is 118 Å². The van der Waals surface area contributed by atoms with Crippen LogP contribution in [-0.2, 0) is 96.1 Å². The minimum absolute atomic E-state index is 0.00552. The molecule has 2 aliphatic rings. The molecule has 6 heterocycles. The smallest absolute Gasteiger partial charge is 0.355 e. The average molecular weight is 1230 g/mol. The third-order valence-electron chi connectivity index (χ3n) is 16.0. The van der Waals surface area contributed by atoms with Crippen LogP contribution in [0.3, 0.4) is 0 Å². The fourth-order valence-electron chi connectivity index (χ4n) is 11.2. The molecule has 0 radical (unpaired) electrons. The van der Waals surface area contributed by atoms with Gasteiger partial charge in [-0.15, -0.1) is 0 Å². The quantitative estimate of drug-likeness (QED) is 0.0195. The van der Waals surface area contributed by atoms with Crippen LogP contribution in [0.15, 0.2) is 77.7 Å². The van der Waals surface area contributed by atoms with E-state index in [0.29, 0.717) is 41.2 Å². The summed E-state index contributed by atoms with van der Waals surface area (Å²) in [5.74, 6) is -7.49. The highest BCUT2D eigenvalue weighted by Crippen LogP contribution is 2.43. The van der Waals surface area contributed by atoms with Gasteiger partial charge in [-0.1, -0.05) is 41.5 Å². The second-order valence-corrected chi connectivity index (χ2v) is 24.1. The lowest BCUT2D eigenvalue weighted by Crippen LogP contribution is -2.47. The van der Waals surface area contributed by atoms with Gasteiger partial charge in [0.25, 0.3) is 15.7 Å². The maximum atomic E-state index is 14.2. The number of aromatic nitrogens is 4. The summed E-state index contributed by atoms with van der Waals surface area (Å²) in [6, 6.07) is 17.2. The van der Waals surface area contributed by atoms with Gasteiger partial charge in [0.15, 0.2) is 5.78 Å². The van der Waals surface area contributed by atoms with Crippen LogP contribution in [0.5, 0.6) is 5.75 Å². The molecule has 2 aliphatic heterocycles. The molecule has 0 unspecified atom stereocenters. The van der Waals surface area contributed by atoms with Crippen molar-refractivity contribution in [2.45, 2.75) is 118 Å². The second-order valence-electron chi connectivity index (χ2n) is 22.6. The Morgan fingerprint density at radius 3 is 2.32 bits per heavy atom. The van der Waals surface area contributed by atoms with E-state index in [2.05, 4.69) is 25.8 Å². The minimum Gasteiger partial charge on any atom is -0.508 e. The number of fused-ring (bicyclic) bond motifs is 6. The fraction of sp³-hybridized carbons (Fsp3) is 0.460. The Morgan fingerprint density at radius 2 is 1.62 bits per heavy atom. The molecule has 0 saturated heterocycles. The number of anilines is 1. The number of amides is 3. The molecular formula is C63H76N8O16S. The van der Waals surface area contributed by atoms with E-state index in [1.807, 2.05) is 43.7 Å². The van der Waals surface area contributed by atoms with Crippen molar-refractivity contribution in [3.05, 3.63) is 117 Å². The molecular weight excluding hydrogens is 1160 g/mol. The monoisotopic (exact) mass is 1230 g/mol. The molecule has 4 atom stereocenters. The molecule has 0 aliphatic carbocycles. The maximum absolute atomic E-state index is 14.2. The zero-order valence-electron chi connectivity index (χ0n) is 50.5. The van der Waals surface area contributed by atoms with Crippen molar-refractivity contribution in [2.24, 2.45) is 17.8 Å². The third-order valence-corrected chi connectivity index (χ3v) is 16.8. The molecule has 3 amide bonds. The van der Waals surface area contributed by atoms with Gasteiger partial charge in [0, 0.05) is 90.7 Å². The van der Waals surface area contributed by atoms with Gasteiger partial charge >= 0.3 is 11.9 Å². The lowest BCUT2D eigenvalue weighted by molar-refractivity contribution is -0.173. The zero-order valence-corrected chi connectivity index (χ0v) is 51.3. The van der Waals surface area contributed by atoms with E-state index in [1.165, 1.54) is 30.3 Å². The number of phenols is 1. The third kappa shape index (κ3) is 15.4. The molecule has 0 fully saturated rings. The van der Waals surface area contributed by atoms with Crippen LogP contribution in [0, 0.1) is 17.8 Å². The first-order valence-corrected chi connectivity index (χ1v) is 31.1. The molecule has 470 valence electrons. The first kappa shape index (κ1) is 65.7. The molecule has 8 rings (SSSR count). The van der Waals surface area contributed by atoms with E-state index >= 15 is 0 Å². The lowest BCUT2D eigenvalue weighted by atomic mass is 9.85. The molecule has 25 heteroatoms. The predicted octanol–water partition coefficient (Wildman–Crippen LogP) is 5.78. The van der Waals surface area contributed by atoms with Gasteiger partial charge in [-0.3, -0.25) is 33.3 Å². The summed E-state index contributed by atoms with van der Waals surface area (Å²) >= 11 is 0. The number of aryl methyl sites for hydroxylation is 2. The van der Waals surface area contributed by atoms with E-state index in [4.69, 9.17) is 23.9 Å². The number of ketones is 2. The Balaban J connectivity index is 0.754. The van der Waals surface area contributed by atoms with Gasteiger partial charge in [0.1, 0.15) is 23.8 Å². The van der Waals surface area contributed by atoms with Crippen molar-refractivity contribution in [3.8, 4) is 17.1 Å². The molecule has 0 bridgehead atoms. The largest absolute Gasteiger partial charge is 0.508 e. The molecule has 4 aromatic heterocycles. The number of carbonyl (C=O) groups excluding carboxylic acids is 7. The van der Waals surface area contributed by atoms with Gasteiger partial charge < -0.3 is 54.0 Å². The second kappa shape index (κ2) is 28.7. The molecule has 0 spiro atoms. The highest BCUT2D eigenvalue weighted by atomic mass is 32.2. The molecule has 24 nitrogen and oxygen atoms in total. The lowest BCUT2D eigenvalue weighted by Gasteiger charge is -2.35. The van der Waals surface area contributed by atoms with Crippen molar-refractivity contribution < 1.29 is 70.6 Å². The Labute approximate surface area is 509 Å². The Morgan fingerprint density at radius 1 is 0.886 bits per heavy atom. The van der Waals surface area contributed by atoms with Gasteiger partial charge in [-0.2, -0.15) is 8.42 Å². The summed E-state index contributed by atoms with van der Waals surface area (Å²) in [5.41, 5.74) is 3.34.